The zero-order valence-corrected chi connectivity index (χ0v) is 19.1. The maximum absolute atomic E-state index is 13.4. The molecule has 3 heterocycles. The Labute approximate surface area is 190 Å². The minimum Gasteiger partial charge on any atom is -0.338 e. The molecule has 1 fully saturated rings. The largest absolute Gasteiger partial charge is 0.338 e. The first-order valence-corrected chi connectivity index (χ1v) is 12.4. The number of thiophene rings is 1. The summed E-state index contributed by atoms with van der Waals surface area (Å²) in [5.41, 5.74) is 0.431. The number of hydrogen-bond donors (Lipinski definition) is 2. The summed E-state index contributed by atoms with van der Waals surface area (Å²) in [4.78, 5) is 31.2. The molecule has 168 valence electrons. The van der Waals surface area contributed by atoms with Crippen molar-refractivity contribution in [1.82, 2.24) is 19.5 Å². The number of nitrogens with one attached hydrogen (secondary N) is 2. The number of rotatable bonds is 5. The van der Waals surface area contributed by atoms with Crippen LogP contribution in [0.1, 0.15) is 17.3 Å². The lowest BCUT2D eigenvalue weighted by atomic mass is 10.1. The predicted octanol–water partition coefficient (Wildman–Crippen LogP) is 2.58. The summed E-state index contributed by atoms with van der Waals surface area (Å²) in [7, 11) is -3.66. The van der Waals surface area contributed by atoms with Gasteiger partial charge in [-0.15, -0.1) is 11.3 Å². The lowest BCUT2D eigenvalue weighted by Crippen LogP contribution is -2.50. The lowest BCUT2D eigenvalue weighted by Gasteiger charge is -2.34. The molecule has 0 bridgehead atoms. The Morgan fingerprint density at radius 2 is 1.84 bits per heavy atom. The topological polar surface area (TPSA) is 112 Å². The highest BCUT2D eigenvalue weighted by Crippen LogP contribution is 2.36. The Hall–Kier alpha value is -3.02. The molecule has 0 aliphatic carbocycles. The number of aromatic nitrogens is 1. The van der Waals surface area contributed by atoms with Crippen molar-refractivity contribution >= 4 is 48.4 Å². The van der Waals surface area contributed by atoms with Crippen LogP contribution < -0.4 is 10.6 Å². The molecule has 0 unspecified atom stereocenters. The number of anilines is 1. The second kappa shape index (κ2) is 9.23. The van der Waals surface area contributed by atoms with E-state index in [1.54, 1.807) is 11.0 Å². The van der Waals surface area contributed by atoms with Gasteiger partial charge in [-0.05, 0) is 25.1 Å². The Kier molecular flexibility index (Phi) is 6.40. The highest BCUT2D eigenvalue weighted by atomic mass is 32.2. The molecule has 0 spiro atoms. The minimum atomic E-state index is -3.66. The number of carbonyl (C=O) groups excluding carboxylic acids is 2. The van der Waals surface area contributed by atoms with Crippen LogP contribution in [0.2, 0.25) is 0 Å². The number of hydrogen-bond acceptors (Lipinski definition) is 6. The normalized spacial score (nSPS) is 15.0. The molecule has 9 nitrogen and oxygen atoms in total. The van der Waals surface area contributed by atoms with Crippen LogP contribution in [0.15, 0.2) is 53.7 Å². The quantitative estimate of drug-likeness (QED) is 0.592. The number of carbonyl (C=O) groups is 2. The maximum Gasteiger partial charge on any atom is 0.319 e. The van der Waals surface area contributed by atoms with E-state index in [1.165, 1.54) is 34.1 Å². The average Bonchev–Trinajstić information content (AvgIpc) is 3.17. The van der Waals surface area contributed by atoms with Crippen molar-refractivity contribution in [2.75, 3.05) is 38.0 Å². The van der Waals surface area contributed by atoms with Crippen molar-refractivity contribution in [3.8, 4) is 0 Å². The van der Waals surface area contributed by atoms with Crippen LogP contribution in [-0.2, 0) is 10.0 Å². The third-order valence-corrected chi connectivity index (χ3v) is 8.14. The van der Waals surface area contributed by atoms with E-state index in [-0.39, 0.29) is 43.0 Å². The molecule has 4 rings (SSSR count). The molecule has 1 aromatic carbocycles. The Morgan fingerprint density at radius 3 is 2.53 bits per heavy atom. The molecule has 0 saturated carbocycles. The summed E-state index contributed by atoms with van der Waals surface area (Å²) in [6.45, 7) is 3.16. The van der Waals surface area contributed by atoms with Gasteiger partial charge in [-0.2, -0.15) is 4.31 Å². The third kappa shape index (κ3) is 4.31. The van der Waals surface area contributed by atoms with Crippen LogP contribution in [0.25, 0.3) is 10.1 Å². The van der Waals surface area contributed by atoms with Crippen molar-refractivity contribution in [3.63, 3.8) is 0 Å². The fourth-order valence-electron chi connectivity index (χ4n) is 3.59. The molecule has 0 atom stereocenters. The fraction of sp³-hybridized carbons (Fsp3) is 0.286. The van der Waals surface area contributed by atoms with Gasteiger partial charge < -0.3 is 10.2 Å². The first-order valence-electron chi connectivity index (χ1n) is 10.2. The van der Waals surface area contributed by atoms with E-state index in [0.717, 1.165) is 10.1 Å². The summed E-state index contributed by atoms with van der Waals surface area (Å²) in [6, 6.07) is 10.2. The number of urea groups is 1. The van der Waals surface area contributed by atoms with Gasteiger partial charge in [0.15, 0.2) is 0 Å². The number of piperazine rings is 1. The molecular weight excluding hydrogens is 450 g/mol. The van der Waals surface area contributed by atoms with Crippen LogP contribution in [0, 0.1) is 0 Å². The van der Waals surface area contributed by atoms with Gasteiger partial charge in [0, 0.05) is 55.2 Å². The molecule has 2 aromatic heterocycles. The van der Waals surface area contributed by atoms with Crippen LogP contribution >= 0.6 is 11.3 Å². The second-order valence-corrected chi connectivity index (χ2v) is 10.2. The van der Waals surface area contributed by atoms with Crippen molar-refractivity contribution in [2.24, 2.45) is 0 Å². The van der Waals surface area contributed by atoms with E-state index in [4.69, 9.17) is 0 Å². The summed E-state index contributed by atoms with van der Waals surface area (Å²) in [5, 5.41) is 6.70. The van der Waals surface area contributed by atoms with E-state index in [1.807, 2.05) is 31.2 Å². The fourth-order valence-corrected chi connectivity index (χ4v) is 6.07. The van der Waals surface area contributed by atoms with E-state index in [0.29, 0.717) is 17.1 Å². The number of amides is 3. The molecular formula is C21H23N5O4S2. The first kappa shape index (κ1) is 22.2. The molecule has 3 amide bonds. The Bertz CT molecular complexity index is 1240. The van der Waals surface area contributed by atoms with E-state index in [9.17, 15) is 18.0 Å². The van der Waals surface area contributed by atoms with Gasteiger partial charge >= 0.3 is 6.03 Å². The van der Waals surface area contributed by atoms with Crippen molar-refractivity contribution in [3.05, 3.63) is 54.4 Å². The van der Waals surface area contributed by atoms with E-state index >= 15 is 0 Å². The first-order chi connectivity index (χ1) is 15.4. The van der Waals surface area contributed by atoms with E-state index in [2.05, 4.69) is 15.6 Å². The van der Waals surface area contributed by atoms with Gasteiger partial charge in [0.25, 0.3) is 5.91 Å². The van der Waals surface area contributed by atoms with E-state index < -0.39 is 10.0 Å². The third-order valence-electron chi connectivity index (χ3n) is 5.17. The maximum atomic E-state index is 13.4. The smallest absolute Gasteiger partial charge is 0.319 e. The van der Waals surface area contributed by atoms with Gasteiger partial charge in [0.2, 0.25) is 10.0 Å². The average molecular weight is 474 g/mol. The summed E-state index contributed by atoms with van der Waals surface area (Å²) in [6.07, 6.45) is 2.84. The number of sulfonamides is 1. The molecule has 11 heteroatoms. The highest BCUT2D eigenvalue weighted by Gasteiger charge is 2.32. The Balaban J connectivity index is 1.55. The summed E-state index contributed by atoms with van der Waals surface area (Å²) >= 11 is 1.34. The minimum absolute atomic E-state index is 0.136. The number of pyridine rings is 1. The van der Waals surface area contributed by atoms with Gasteiger partial charge in [-0.25, -0.2) is 13.2 Å². The van der Waals surface area contributed by atoms with Gasteiger partial charge in [-0.3, -0.25) is 15.1 Å². The molecule has 1 saturated heterocycles. The van der Waals surface area contributed by atoms with Gasteiger partial charge in [0.1, 0.15) is 9.90 Å². The monoisotopic (exact) mass is 473 g/mol. The molecule has 1 aliphatic heterocycles. The second-order valence-electron chi connectivity index (χ2n) is 7.17. The number of benzene rings is 1. The predicted molar refractivity (Wildman–Crippen MR) is 123 cm³/mol. The highest BCUT2D eigenvalue weighted by molar-refractivity contribution is 7.89. The van der Waals surface area contributed by atoms with Gasteiger partial charge in [0.05, 0.1) is 5.56 Å². The van der Waals surface area contributed by atoms with Crippen LogP contribution in [0.5, 0.6) is 0 Å². The summed E-state index contributed by atoms with van der Waals surface area (Å²) in [5.74, 6) is -0.229. The van der Waals surface area contributed by atoms with Crippen LogP contribution in [0.3, 0.4) is 0 Å². The molecule has 0 radical (unpaired) electrons. The molecule has 32 heavy (non-hydrogen) atoms. The Morgan fingerprint density at radius 1 is 1.09 bits per heavy atom. The lowest BCUT2D eigenvalue weighted by molar-refractivity contribution is 0.0701. The SMILES string of the molecule is CCNC(=O)Nc1sc2ccccc2c1C(=O)N1CCN(S(=O)(=O)c2cccnc2)CC1. The van der Waals surface area contributed by atoms with Crippen LogP contribution in [-0.4, -0.2) is 67.3 Å². The molecule has 2 N–H and O–H groups in total. The van der Waals surface area contributed by atoms with Crippen LogP contribution in [0.4, 0.5) is 9.80 Å². The van der Waals surface area contributed by atoms with Crippen molar-refractivity contribution in [1.29, 1.82) is 0 Å². The number of fused-ring (bicyclic) bond motifs is 1. The molecule has 1 aliphatic rings. The van der Waals surface area contributed by atoms with Crippen molar-refractivity contribution < 1.29 is 18.0 Å². The molecule has 3 aromatic rings. The zero-order valence-electron chi connectivity index (χ0n) is 17.4. The number of nitrogens with zero attached hydrogens (tertiary/aromatic N) is 3. The van der Waals surface area contributed by atoms with Gasteiger partial charge in [-0.1, -0.05) is 18.2 Å². The zero-order chi connectivity index (χ0) is 22.7. The standard InChI is InChI=1S/C21H23N5O4S2/c1-2-23-21(28)24-19-18(16-7-3-4-8-17(16)31-19)20(27)25-10-12-26(13-11-25)32(29,30)15-6-5-9-22-14-15/h3-9,14H,2,10-13H2,1H3,(H2,23,24,28). The van der Waals surface area contributed by atoms with Crippen molar-refractivity contribution in [2.45, 2.75) is 11.8 Å². The summed E-state index contributed by atoms with van der Waals surface area (Å²) < 4.78 is 27.9.